The van der Waals surface area contributed by atoms with Gasteiger partial charge in [-0.15, -0.1) is 0 Å². The van der Waals surface area contributed by atoms with E-state index in [1.807, 2.05) is 0 Å². The van der Waals surface area contributed by atoms with Gasteiger partial charge in [0.05, 0.1) is 12.2 Å². The van der Waals surface area contributed by atoms with Crippen LogP contribution < -0.4 is 0 Å². The lowest BCUT2D eigenvalue weighted by molar-refractivity contribution is -0.137. The maximum absolute atomic E-state index is 11.7. The number of benzene rings is 1. The maximum Gasteiger partial charge on any atom is 0.379 e. The summed E-state index contributed by atoms with van der Waals surface area (Å²) >= 11 is 0. The average molecular weight is 234 g/mol. The van der Waals surface area contributed by atoms with Crippen LogP contribution in [0.15, 0.2) is 12.1 Å². The third-order valence-electron chi connectivity index (χ3n) is 2.96. The van der Waals surface area contributed by atoms with E-state index in [1.165, 1.54) is 6.07 Å². The van der Waals surface area contributed by atoms with Gasteiger partial charge in [0.2, 0.25) is 0 Å². The van der Waals surface area contributed by atoms with Gasteiger partial charge in [-0.1, -0.05) is 6.07 Å². The molecule has 0 spiro atoms. The molecule has 17 heavy (non-hydrogen) atoms. The second-order valence-electron chi connectivity index (χ2n) is 4.00. The standard InChI is InChI=1S/C13H14O4/c1-2-17-13(16)12(15)10-7-6-8-4-3-5-9(8)11(10)14/h6-7,14H,2-5H2,1H3. The minimum atomic E-state index is -0.916. The van der Waals surface area contributed by atoms with Crippen molar-refractivity contribution in [2.24, 2.45) is 0 Å². The fraction of sp³-hybridized carbons (Fsp3) is 0.385. The van der Waals surface area contributed by atoms with Crippen molar-refractivity contribution in [3.05, 3.63) is 28.8 Å². The van der Waals surface area contributed by atoms with Crippen LogP contribution in [0.25, 0.3) is 0 Å². The maximum atomic E-state index is 11.7. The third kappa shape index (κ3) is 2.02. The van der Waals surface area contributed by atoms with Crippen molar-refractivity contribution in [3.8, 4) is 5.75 Å². The highest BCUT2D eigenvalue weighted by Crippen LogP contribution is 2.33. The summed E-state index contributed by atoms with van der Waals surface area (Å²) in [7, 11) is 0. The van der Waals surface area contributed by atoms with Crippen molar-refractivity contribution in [1.82, 2.24) is 0 Å². The van der Waals surface area contributed by atoms with Crippen LogP contribution in [0, 0.1) is 0 Å². The lowest BCUT2D eigenvalue weighted by atomic mass is 10.0. The smallest absolute Gasteiger partial charge is 0.379 e. The summed E-state index contributed by atoms with van der Waals surface area (Å²) in [5, 5.41) is 9.97. The van der Waals surface area contributed by atoms with E-state index in [9.17, 15) is 14.7 Å². The number of Topliss-reactive ketones (excluding diaryl/α,β-unsaturated/α-hetero) is 1. The number of esters is 1. The van der Waals surface area contributed by atoms with Crippen LogP contribution in [-0.4, -0.2) is 23.5 Å². The zero-order chi connectivity index (χ0) is 12.4. The summed E-state index contributed by atoms with van der Waals surface area (Å²) in [6.45, 7) is 1.78. The molecule has 0 bridgehead atoms. The van der Waals surface area contributed by atoms with Gasteiger partial charge in [-0.3, -0.25) is 4.79 Å². The van der Waals surface area contributed by atoms with Crippen molar-refractivity contribution < 1.29 is 19.4 Å². The second-order valence-corrected chi connectivity index (χ2v) is 4.00. The molecule has 0 fully saturated rings. The Hall–Kier alpha value is -1.84. The van der Waals surface area contributed by atoms with E-state index in [4.69, 9.17) is 0 Å². The Kier molecular flexibility index (Phi) is 3.13. The van der Waals surface area contributed by atoms with Gasteiger partial charge < -0.3 is 9.84 Å². The molecule has 0 amide bonds. The van der Waals surface area contributed by atoms with E-state index >= 15 is 0 Å². The van der Waals surface area contributed by atoms with Gasteiger partial charge in [0.1, 0.15) is 5.75 Å². The molecule has 0 unspecified atom stereocenters. The molecule has 0 atom stereocenters. The number of phenolic OH excluding ortho intramolecular Hbond substituents is 1. The molecule has 4 heteroatoms. The highest BCUT2D eigenvalue weighted by Gasteiger charge is 2.25. The molecular formula is C13H14O4. The number of carbonyl (C=O) groups excluding carboxylic acids is 2. The minimum Gasteiger partial charge on any atom is -0.507 e. The number of aromatic hydroxyl groups is 1. The summed E-state index contributed by atoms with van der Waals surface area (Å²) in [6, 6.07) is 3.30. The van der Waals surface area contributed by atoms with Gasteiger partial charge in [0.25, 0.3) is 5.78 Å². The molecule has 90 valence electrons. The SMILES string of the molecule is CCOC(=O)C(=O)c1ccc2c(c1O)CCC2. The predicted molar refractivity (Wildman–Crippen MR) is 61.1 cm³/mol. The molecule has 1 N–H and O–H groups in total. The molecular weight excluding hydrogens is 220 g/mol. The summed E-state index contributed by atoms with van der Waals surface area (Å²) < 4.78 is 4.63. The highest BCUT2D eigenvalue weighted by atomic mass is 16.5. The van der Waals surface area contributed by atoms with Crippen molar-refractivity contribution >= 4 is 11.8 Å². The molecule has 1 aliphatic carbocycles. The van der Waals surface area contributed by atoms with Crippen LogP contribution in [0.1, 0.15) is 34.8 Å². The van der Waals surface area contributed by atoms with E-state index in [0.717, 1.165) is 30.4 Å². The Morgan fingerprint density at radius 3 is 2.82 bits per heavy atom. The Bertz CT molecular complexity index is 477. The Morgan fingerprint density at radius 2 is 2.12 bits per heavy atom. The monoisotopic (exact) mass is 234 g/mol. The topological polar surface area (TPSA) is 63.6 Å². The minimum absolute atomic E-state index is 0.0455. The van der Waals surface area contributed by atoms with Crippen molar-refractivity contribution in [3.63, 3.8) is 0 Å². The zero-order valence-corrected chi connectivity index (χ0v) is 9.66. The van der Waals surface area contributed by atoms with Crippen LogP contribution in [0.3, 0.4) is 0 Å². The van der Waals surface area contributed by atoms with E-state index in [-0.39, 0.29) is 17.9 Å². The lowest BCUT2D eigenvalue weighted by Gasteiger charge is -2.07. The van der Waals surface area contributed by atoms with Gasteiger partial charge in [0.15, 0.2) is 0 Å². The molecule has 4 nitrogen and oxygen atoms in total. The van der Waals surface area contributed by atoms with Gasteiger partial charge in [0, 0.05) is 0 Å². The predicted octanol–water partition coefficient (Wildman–Crippen LogP) is 1.63. The number of fused-ring (bicyclic) bond motifs is 1. The van der Waals surface area contributed by atoms with Crippen LogP contribution >= 0.6 is 0 Å². The number of phenols is 1. The fourth-order valence-electron chi connectivity index (χ4n) is 2.14. The largest absolute Gasteiger partial charge is 0.507 e. The number of aryl methyl sites for hydroxylation is 1. The van der Waals surface area contributed by atoms with E-state index in [2.05, 4.69) is 4.74 Å². The number of rotatable bonds is 3. The molecule has 0 heterocycles. The fourth-order valence-corrected chi connectivity index (χ4v) is 2.14. The summed E-state index contributed by atoms with van der Waals surface area (Å²) in [5.74, 6) is -1.75. The zero-order valence-electron chi connectivity index (χ0n) is 9.66. The van der Waals surface area contributed by atoms with Gasteiger partial charge >= 0.3 is 5.97 Å². The first kappa shape index (κ1) is 11.6. The number of ketones is 1. The average Bonchev–Trinajstić information content (AvgIpc) is 2.78. The molecule has 1 aromatic carbocycles. The first-order valence-electron chi connectivity index (χ1n) is 5.70. The molecule has 0 saturated heterocycles. The highest BCUT2D eigenvalue weighted by molar-refractivity contribution is 6.41. The van der Waals surface area contributed by atoms with Crippen LogP contribution in [0.4, 0.5) is 0 Å². The quantitative estimate of drug-likeness (QED) is 0.490. The summed E-state index contributed by atoms with van der Waals surface area (Å²) in [5.41, 5.74) is 1.90. The lowest BCUT2D eigenvalue weighted by Crippen LogP contribution is -2.18. The van der Waals surface area contributed by atoms with Crippen LogP contribution in [-0.2, 0) is 22.4 Å². The number of ether oxygens (including phenoxy) is 1. The number of hydrogen-bond acceptors (Lipinski definition) is 4. The molecule has 2 rings (SSSR count). The normalized spacial score (nSPS) is 13.2. The molecule has 0 radical (unpaired) electrons. The first-order valence-corrected chi connectivity index (χ1v) is 5.70. The van der Waals surface area contributed by atoms with Gasteiger partial charge in [-0.05, 0) is 43.4 Å². The Balaban J connectivity index is 2.34. The summed E-state index contributed by atoms with van der Waals surface area (Å²) in [6.07, 6.45) is 2.64. The van der Waals surface area contributed by atoms with Gasteiger partial charge in [-0.2, -0.15) is 0 Å². The molecule has 1 aromatic rings. The second kappa shape index (κ2) is 4.57. The van der Waals surface area contributed by atoms with Crippen LogP contribution in [0.2, 0.25) is 0 Å². The molecule has 0 saturated carbocycles. The van der Waals surface area contributed by atoms with E-state index in [0.29, 0.717) is 0 Å². The molecule has 0 aliphatic heterocycles. The van der Waals surface area contributed by atoms with Crippen molar-refractivity contribution in [1.29, 1.82) is 0 Å². The van der Waals surface area contributed by atoms with E-state index in [1.54, 1.807) is 13.0 Å². The number of carbonyl (C=O) groups is 2. The Morgan fingerprint density at radius 1 is 1.35 bits per heavy atom. The summed E-state index contributed by atoms with van der Waals surface area (Å²) in [4.78, 5) is 23.0. The first-order chi connectivity index (χ1) is 8.15. The molecule has 0 aromatic heterocycles. The Labute approximate surface area is 99.2 Å². The van der Waals surface area contributed by atoms with Crippen LogP contribution in [0.5, 0.6) is 5.75 Å². The number of hydrogen-bond donors (Lipinski definition) is 1. The third-order valence-corrected chi connectivity index (χ3v) is 2.96. The molecule has 1 aliphatic rings. The van der Waals surface area contributed by atoms with Crippen molar-refractivity contribution in [2.75, 3.05) is 6.61 Å². The van der Waals surface area contributed by atoms with Gasteiger partial charge in [-0.25, -0.2) is 4.79 Å². The van der Waals surface area contributed by atoms with E-state index < -0.39 is 11.8 Å². The van der Waals surface area contributed by atoms with Crippen molar-refractivity contribution in [2.45, 2.75) is 26.2 Å².